The quantitative estimate of drug-likeness (QED) is 0.903. The Bertz CT molecular complexity index is 466. The van der Waals surface area contributed by atoms with Gasteiger partial charge in [-0.05, 0) is 30.9 Å². The fraction of sp³-hybridized carbons (Fsp3) is 0.600. The van der Waals surface area contributed by atoms with Crippen molar-refractivity contribution in [1.82, 2.24) is 10.2 Å². The van der Waals surface area contributed by atoms with E-state index in [1.54, 1.807) is 0 Å². The van der Waals surface area contributed by atoms with Gasteiger partial charge in [-0.25, -0.2) is 8.78 Å². The molecule has 1 aliphatic heterocycles. The van der Waals surface area contributed by atoms with E-state index in [1.165, 1.54) is 12.1 Å². The molecule has 0 radical (unpaired) electrons. The minimum atomic E-state index is -0.509. The van der Waals surface area contributed by atoms with Crippen LogP contribution in [0.5, 0.6) is 0 Å². The van der Waals surface area contributed by atoms with Gasteiger partial charge in [-0.2, -0.15) is 0 Å². The van der Waals surface area contributed by atoms with E-state index in [0.29, 0.717) is 5.92 Å². The minimum absolute atomic E-state index is 0. The number of hydrogen-bond acceptors (Lipinski definition) is 2. The van der Waals surface area contributed by atoms with Crippen LogP contribution in [0.15, 0.2) is 12.1 Å². The Kier molecular flexibility index (Phi) is 5.83. The third-order valence-electron chi connectivity index (χ3n) is 4.48. The van der Waals surface area contributed by atoms with Crippen molar-refractivity contribution in [3.05, 3.63) is 34.4 Å². The van der Waals surface area contributed by atoms with Gasteiger partial charge in [0.2, 0.25) is 0 Å². The van der Waals surface area contributed by atoms with Crippen molar-refractivity contribution < 1.29 is 8.78 Å². The average Bonchev–Trinajstić information content (AvgIpc) is 2.35. The van der Waals surface area contributed by atoms with E-state index in [-0.39, 0.29) is 29.0 Å². The largest absolute Gasteiger partial charge is 0.314 e. The molecule has 1 aliphatic carbocycles. The van der Waals surface area contributed by atoms with Gasteiger partial charge in [-0.15, -0.1) is 12.4 Å². The predicted octanol–water partition coefficient (Wildman–Crippen LogP) is 3.79. The van der Waals surface area contributed by atoms with E-state index in [1.807, 2.05) is 0 Å². The molecule has 0 aromatic heterocycles. The summed E-state index contributed by atoms with van der Waals surface area (Å²) in [6, 6.07) is 2.31. The normalized spacial score (nSPS) is 21.5. The summed E-state index contributed by atoms with van der Waals surface area (Å²) in [6.45, 7) is 3.42. The van der Waals surface area contributed by atoms with Gasteiger partial charge in [0.1, 0.15) is 11.6 Å². The molecule has 1 saturated heterocycles. The van der Waals surface area contributed by atoms with Gasteiger partial charge >= 0.3 is 0 Å². The maximum Gasteiger partial charge on any atom is 0.132 e. The molecule has 118 valence electrons. The number of rotatable bonds is 3. The smallest absolute Gasteiger partial charge is 0.132 e. The summed E-state index contributed by atoms with van der Waals surface area (Å²) in [4.78, 5) is 2.22. The lowest BCUT2D eigenvalue weighted by Crippen LogP contribution is -2.48. The SMILES string of the molecule is Cl.Fc1cc(Cl)cc(F)c1[C@@H](C1CCC1)N1CCNCC1. The third-order valence-corrected chi connectivity index (χ3v) is 4.70. The highest BCUT2D eigenvalue weighted by Crippen LogP contribution is 2.43. The van der Waals surface area contributed by atoms with Crippen LogP contribution < -0.4 is 5.32 Å². The van der Waals surface area contributed by atoms with Gasteiger partial charge in [0.05, 0.1) is 0 Å². The van der Waals surface area contributed by atoms with Crippen molar-refractivity contribution in [2.24, 2.45) is 5.92 Å². The number of halogens is 4. The summed E-state index contributed by atoms with van der Waals surface area (Å²) in [5, 5.41) is 3.41. The van der Waals surface area contributed by atoms with Gasteiger partial charge in [0.15, 0.2) is 0 Å². The molecule has 2 aliphatic rings. The van der Waals surface area contributed by atoms with E-state index < -0.39 is 11.6 Å². The van der Waals surface area contributed by atoms with E-state index >= 15 is 0 Å². The first-order valence-corrected chi connectivity index (χ1v) is 7.64. The van der Waals surface area contributed by atoms with Crippen molar-refractivity contribution in [2.45, 2.75) is 25.3 Å². The standard InChI is InChI=1S/C15H19ClF2N2.ClH/c16-11-8-12(17)14(13(18)9-11)15(10-2-1-3-10)20-6-4-19-5-7-20;/h8-10,15,19H,1-7H2;1H/t15-;/m1./s1. The summed E-state index contributed by atoms with van der Waals surface area (Å²) >= 11 is 5.74. The van der Waals surface area contributed by atoms with Crippen LogP contribution in [0.3, 0.4) is 0 Å². The molecule has 21 heavy (non-hydrogen) atoms. The highest BCUT2D eigenvalue weighted by Gasteiger charge is 2.36. The van der Waals surface area contributed by atoms with Gasteiger partial charge in [-0.1, -0.05) is 18.0 Å². The number of nitrogens with one attached hydrogen (secondary N) is 1. The fourth-order valence-corrected chi connectivity index (χ4v) is 3.46. The molecule has 0 spiro atoms. The van der Waals surface area contributed by atoms with Crippen molar-refractivity contribution >= 4 is 24.0 Å². The molecule has 1 N–H and O–H groups in total. The average molecular weight is 337 g/mol. The summed E-state index contributed by atoms with van der Waals surface area (Å²) in [5.74, 6) is -0.658. The number of hydrogen-bond donors (Lipinski definition) is 1. The van der Waals surface area contributed by atoms with Crippen LogP contribution in [0.1, 0.15) is 30.9 Å². The second-order valence-corrected chi connectivity index (χ2v) is 6.14. The van der Waals surface area contributed by atoms with E-state index in [4.69, 9.17) is 11.6 Å². The van der Waals surface area contributed by atoms with E-state index in [9.17, 15) is 8.78 Å². The molecule has 1 heterocycles. The molecule has 0 bridgehead atoms. The Labute approximate surface area is 135 Å². The zero-order chi connectivity index (χ0) is 14.1. The van der Waals surface area contributed by atoms with Gasteiger partial charge in [-0.3, -0.25) is 4.90 Å². The maximum absolute atomic E-state index is 14.3. The molecular weight excluding hydrogens is 317 g/mol. The summed E-state index contributed by atoms with van der Waals surface area (Å²) in [6.07, 6.45) is 3.26. The van der Waals surface area contributed by atoms with Crippen LogP contribution in [0.25, 0.3) is 0 Å². The van der Waals surface area contributed by atoms with Crippen LogP contribution in [0.4, 0.5) is 8.78 Å². The van der Waals surface area contributed by atoms with Gasteiger partial charge in [0, 0.05) is 42.8 Å². The lowest BCUT2D eigenvalue weighted by Gasteiger charge is -2.43. The zero-order valence-electron chi connectivity index (χ0n) is 11.7. The number of benzene rings is 1. The number of nitrogens with zero attached hydrogens (tertiary/aromatic N) is 1. The number of piperazine rings is 1. The lowest BCUT2D eigenvalue weighted by molar-refractivity contribution is 0.0785. The Balaban J connectivity index is 0.00000161. The third kappa shape index (κ3) is 3.50. The first kappa shape index (κ1) is 16.9. The highest BCUT2D eigenvalue weighted by atomic mass is 35.5. The van der Waals surface area contributed by atoms with Crippen molar-refractivity contribution in [3.8, 4) is 0 Å². The first-order chi connectivity index (χ1) is 9.66. The zero-order valence-corrected chi connectivity index (χ0v) is 13.3. The molecule has 2 fully saturated rings. The molecule has 2 nitrogen and oxygen atoms in total. The predicted molar refractivity (Wildman–Crippen MR) is 83.1 cm³/mol. The Hall–Kier alpha value is -0.420. The van der Waals surface area contributed by atoms with Crippen LogP contribution in [-0.2, 0) is 0 Å². The molecule has 3 rings (SSSR count). The van der Waals surface area contributed by atoms with Crippen LogP contribution >= 0.6 is 24.0 Å². The van der Waals surface area contributed by atoms with Crippen molar-refractivity contribution in [1.29, 1.82) is 0 Å². The summed E-state index contributed by atoms with van der Waals surface area (Å²) in [7, 11) is 0. The van der Waals surface area contributed by atoms with Gasteiger partial charge < -0.3 is 5.32 Å². The Morgan fingerprint density at radius 2 is 1.71 bits per heavy atom. The second kappa shape index (κ2) is 7.23. The highest BCUT2D eigenvalue weighted by molar-refractivity contribution is 6.30. The molecule has 1 aromatic rings. The first-order valence-electron chi connectivity index (χ1n) is 7.26. The molecule has 6 heteroatoms. The fourth-order valence-electron chi connectivity index (χ4n) is 3.27. The van der Waals surface area contributed by atoms with E-state index in [0.717, 1.165) is 45.4 Å². The van der Waals surface area contributed by atoms with Crippen LogP contribution in [-0.4, -0.2) is 31.1 Å². The van der Waals surface area contributed by atoms with Crippen molar-refractivity contribution in [2.75, 3.05) is 26.2 Å². The monoisotopic (exact) mass is 336 g/mol. The summed E-state index contributed by atoms with van der Waals surface area (Å²) < 4.78 is 28.5. The Morgan fingerprint density at radius 1 is 1.14 bits per heavy atom. The minimum Gasteiger partial charge on any atom is -0.314 e. The Morgan fingerprint density at radius 3 is 2.19 bits per heavy atom. The summed E-state index contributed by atoms with van der Waals surface area (Å²) in [5.41, 5.74) is 0.209. The van der Waals surface area contributed by atoms with E-state index in [2.05, 4.69) is 10.2 Å². The lowest BCUT2D eigenvalue weighted by atomic mass is 9.76. The molecule has 1 aromatic carbocycles. The molecule has 0 unspecified atom stereocenters. The molecular formula is C15H20Cl2F2N2. The topological polar surface area (TPSA) is 15.3 Å². The molecule has 1 saturated carbocycles. The molecule has 0 amide bonds. The molecule has 1 atom stereocenters. The van der Waals surface area contributed by atoms with Crippen molar-refractivity contribution in [3.63, 3.8) is 0 Å². The van der Waals surface area contributed by atoms with Crippen LogP contribution in [0.2, 0.25) is 5.02 Å². The van der Waals surface area contributed by atoms with Crippen LogP contribution in [0, 0.1) is 17.6 Å². The van der Waals surface area contributed by atoms with Gasteiger partial charge in [0.25, 0.3) is 0 Å². The second-order valence-electron chi connectivity index (χ2n) is 5.70. The maximum atomic E-state index is 14.3.